The summed E-state index contributed by atoms with van der Waals surface area (Å²) in [5.41, 5.74) is 2.75. The van der Waals surface area contributed by atoms with E-state index in [2.05, 4.69) is 95.5 Å². The largest absolute Gasteiger partial charge is 0.383 e. The fraction of sp³-hybridized carbons (Fsp3) is 0.750. The van der Waals surface area contributed by atoms with Gasteiger partial charge in [0.25, 0.3) is 0 Å². The standard InChI is InChI=1S/C32H56N2/c1-8-9-10-11-29(30-16-20-32(21-17-30)34-27(7)23-25(4)5)15-12-28-13-18-31(19-14-28)33-26(6)22-24(2)3/h13-14,16,18-20,24-27,29-30,32-34H,8-12,15,17,21-23H2,1-7H3. The molecule has 34 heavy (non-hydrogen) atoms. The molecule has 1 aromatic rings. The van der Waals surface area contributed by atoms with Gasteiger partial charge in [0.15, 0.2) is 0 Å². The number of nitrogens with one attached hydrogen (secondary N) is 2. The molecule has 2 N–H and O–H groups in total. The zero-order valence-corrected chi connectivity index (χ0v) is 23.6. The minimum atomic E-state index is 0.526. The lowest BCUT2D eigenvalue weighted by Gasteiger charge is -2.32. The van der Waals surface area contributed by atoms with Crippen LogP contribution in [0.5, 0.6) is 0 Å². The van der Waals surface area contributed by atoms with Crippen molar-refractivity contribution in [2.75, 3.05) is 5.32 Å². The van der Waals surface area contributed by atoms with Crippen molar-refractivity contribution < 1.29 is 0 Å². The van der Waals surface area contributed by atoms with Gasteiger partial charge in [0.05, 0.1) is 0 Å². The molecule has 0 amide bonds. The summed E-state index contributed by atoms with van der Waals surface area (Å²) in [6.07, 6.45) is 18.2. The van der Waals surface area contributed by atoms with Crippen LogP contribution in [0.3, 0.4) is 0 Å². The topological polar surface area (TPSA) is 24.1 Å². The number of hydrogen-bond donors (Lipinski definition) is 2. The predicted octanol–water partition coefficient (Wildman–Crippen LogP) is 9.02. The van der Waals surface area contributed by atoms with E-state index in [4.69, 9.17) is 0 Å². The van der Waals surface area contributed by atoms with Crippen LogP contribution in [0, 0.1) is 23.7 Å². The van der Waals surface area contributed by atoms with E-state index in [1.165, 1.54) is 75.5 Å². The third-order valence-electron chi connectivity index (χ3n) is 7.50. The van der Waals surface area contributed by atoms with Gasteiger partial charge in [-0.2, -0.15) is 0 Å². The second-order valence-corrected chi connectivity index (χ2v) is 12.1. The van der Waals surface area contributed by atoms with Gasteiger partial charge in [0.2, 0.25) is 0 Å². The lowest BCUT2D eigenvalue weighted by atomic mass is 9.77. The van der Waals surface area contributed by atoms with Crippen molar-refractivity contribution >= 4 is 5.69 Å². The highest BCUT2D eigenvalue weighted by molar-refractivity contribution is 5.45. The Morgan fingerprint density at radius 3 is 2.06 bits per heavy atom. The van der Waals surface area contributed by atoms with Gasteiger partial charge < -0.3 is 10.6 Å². The first-order valence-corrected chi connectivity index (χ1v) is 14.6. The predicted molar refractivity (Wildman–Crippen MR) is 153 cm³/mol. The lowest BCUT2D eigenvalue weighted by Crippen LogP contribution is -2.38. The van der Waals surface area contributed by atoms with Crippen LogP contribution in [-0.4, -0.2) is 18.1 Å². The molecule has 0 heterocycles. The molecule has 1 aromatic carbocycles. The summed E-state index contributed by atoms with van der Waals surface area (Å²) >= 11 is 0. The number of hydrogen-bond acceptors (Lipinski definition) is 2. The second-order valence-electron chi connectivity index (χ2n) is 12.1. The summed E-state index contributed by atoms with van der Waals surface area (Å²) in [6.45, 7) is 16.2. The molecule has 0 saturated heterocycles. The van der Waals surface area contributed by atoms with Gasteiger partial charge in [-0.15, -0.1) is 0 Å². The van der Waals surface area contributed by atoms with Gasteiger partial charge in [0, 0.05) is 23.8 Å². The maximum atomic E-state index is 3.86. The van der Waals surface area contributed by atoms with Crippen LogP contribution in [-0.2, 0) is 6.42 Å². The highest BCUT2D eigenvalue weighted by Gasteiger charge is 2.24. The van der Waals surface area contributed by atoms with E-state index in [9.17, 15) is 0 Å². The minimum Gasteiger partial charge on any atom is -0.383 e. The van der Waals surface area contributed by atoms with E-state index in [-0.39, 0.29) is 0 Å². The molecular formula is C32H56N2. The molecule has 0 aliphatic heterocycles. The number of unbranched alkanes of at least 4 members (excludes halogenated alkanes) is 2. The van der Waals surface area contributed by atoms with Gasteiger partial charge in [0.1, 0.15) is 0 Å². The molecule has 0 aromatic heterocycles. The SMILES string of the molecule is CCCCCC(CCc1ccc(NC(C)CC(C)C)cc1)C1C=CC(NC(C)CC(C)C)CC1. The van der Waals surface area contributed by atoms with Crippen LogP contribution in [0.1, 0.15) is 112 Å². The van der Waals surface area contributed by atoms with Gasteiger partial charge in [-0.05, 0) is 100 Å². The van der Waals surface area contributed by atoms with Crippen LogP contribution in [0.15, 0.2) is 36.4 Å². The molecular weight excluding hydrogens is 412 g/mol. The number of aryl methyl sites for hydroxylation is 1. The second kappa shape index (κ2) is 15.7. The van der Waals surface area contributed by atoms with E-state index in [0.29, 0.717) is 18.1 Å². The fourth-order valence-electron chi connectivity index (χ4n) is 5.91. The first kappa shape index (κ1) is 29.0. The van der Waals surface area contributed by atoms with Crippen molar-refractivity contribution in [2.45, 2.75) is 131 Å². The number of benzene rings is 1. The minimum absolute atomic E-state index is 0.526. The van der Waals surface area contributed by atoms with Gasteiger partial charge >= 0.3 is 0 Å². The number of allylic oxidation sites excluding steroid dienone is 1. The first-order valence-electron chi connectivity index (χ1n) is 14.6. The monoisotopic (exact) mass is 468 g/mol. The molecule has 0 saturated carbocycles. The van der Waals surface area contributed by atoms with E-state index in [0.717, 1.165) is 23.7 Å². The first-order chi connectivity index (χ1) is 16.3. The van der Waals surface area contributed by atoms with Crippen LogP contribution in [0.2, 0.25) is 0 Å². The molecule has 0 radical (unpaired) electrons. The Hall–Kier alpha value is -1.28. The molecule has 0 fully saturated rings. The Labute approximate surface area is 212 Å². The van der Waals surface area contributed by atoms with E-state index in [1.54, 1.807) is 0 Å². The third kappa shape index (κ3) is 11.4. The van der Waals surface area contributed by atoms with Crippen LogP contribution in [0.25, 0.3) is 0 Å². The van der Waals surface area contributed by atoms with Crippen molar-refractivity contribution in [3.63, 3.8) is 0 Å². The van der Waals surface area contributed by atoms with Crippen molar-refractivity contribution in [2.24, 2.45) is 23.7 Å². The molecule has 0 spiro atoms. The Bertz CT molecular complexity index is 675. The Morgan fingerprint density at radius 1 is 0.794 bits per heavy atom. The summed E-state index contributed by atoms with van der Waals surface area (Å²) in [4.78, 5) is 0. The third-order valence-corrected chi connectivity index (χ3v) is 7.50. The van der Waals surface area contributed by atoms with Gasteiger partial charge in [-0.3, -0.25) is 0 Å². The summed E-state index contributed by atoms with van der Waals surface area (Å²) in [5.74, 6) is 3.07. The van der Waals surface area contributed by atoms with Crippen molar-refractivity contribution in [3.05, 3.63) is 42.0 Å². The highest BCUT2D eigenvalue weighted by Crippen LogP contribution is 2.32. The lowest BCUT2D eigenvalue weighted by molar-refractivity contribution is 0.289. The zero-order chi connectivity index (χ0) is 24.9. The summed E-state index contributed by atoms with van der Waals surface area (Å²) in [5, 5.41) is 7.52. The number of anilines is 1. The molecule has 2 heteroatoms. The van der Waals surface area contributed by atoms with E-state index < -0.39 is 0 Å². The Morgan fingerprint density at radius 2 is 1.47 bits per heavy atom. The zero-order valence-electron chi connectivity index (χ0n) is 23.6. The maximum absolute atomic E-state index is 3.86. The normalized spacial score (nSPS) is 21.1. The summed E-state index contributed by atoms with van der Waals surface area (Å²) < 4.78 is 0. The van der Waals surface area contributed by atoms with E-state index >= 15 is 0 Å². The molecule has 2 rings (SSSR count). The summed E-state index contributed by atoms with van der Waals surface area (Å²) in [6, 6.07) is 11.0. The van der Waals surface area contributed by atoms with Crippen LogP contribution in [0.4, 0.5) is 5.69 Å². The molecule has 0 bridgehead atoms. The van der Waals surface area contributed by atoms with Gasteiger partial charge in [-0.25, -0.2) is 0 Å². The van der Waals surface area contributed by atoms with E-state index in [1.807, 2.05) is 0 Å². The maximum Gasteiger partial charge on any atom is 0.0342 e. The molecule has 194 valence electrons. The van der Waals surface area contributed by atoms with Crippen molar-refractivity contribution in [1.82, 2.24) is 5.32 Å². The quantitative estimate of drug-likeness (QED) is 0.187. The van der Waals surface area contributed by atoms with Crippen molar-refractivity contribution in [1.29, 1.82) is 0 Å². The molecule has 2 nitrogen and oxygen atoms in total. The smallest absolute Gasteiger partial charge is 0.0342 e. The van der Waals surface area contributed by atoms with Crippen molar-refractivity contribution in [3.8, 4) is 0 Å². The Kier molecular flexibility index (Phi) is 13.3. The average molecular weight is 469 g/mol. The molecule has 1 aliphatic rings. The van der Waals surface area contributed by atoms with Crippen LogP contribution >= 0.6 is 0 Å². The average Bonchev–Trinajstić information content (AvgIpc) is 2.76. The fourth-order valence-corrected chi connectivity index (χ4v) is 5.91. The molecule has 5 unspecified atom stereocenters. The Balaban J connectivity index is 1.89. The molecule has 1 aliphatic carbocycles. The number of rotatable bonds is 16. The summed E-state index contributed by atoms with van der Waals surface area (Å²) in [7, 11) is 0. The highest BCUT2D eigenvalue weighted by atomic mass is 14.9. The van der Waals surface area contributed by atoms with Crippen LogP contribution < -0.4 is 10.6 Å². The molecule has 5 atom stereocenters. The van der Waals surface area contributed by atoms with Gasteiger partial charge in [-0.1, -0.05) is 78.2 Å².